The van der Waals surface area contributed by atoms with Gasteiger partial charge in [-0.3, -0.25) is 0 Å². The van der Waals surface area contributed by atoms with Gasteiger partial charge in [0.15, 0.2) is 0 Å². The molecule has 1 fully saturated rings. The summed E-state index contributed by atoms with van der Waals surface area (Å²) < 4.78 is 25.6. The first-order chi connectivity index (χ1) is 8.41. The van der Waals surface area contributed by atoms with Crippen LogP contribution in [0.4, 0.5) is 0 Å². The van der Waals surface area contributed by atoms with Gasteiger partial charge in [-0.2, -0.15) is 0 Å². The van der Waals surface area contributed by atoms with Crippen LogP contribution in [-0.2, 0) is 10.0 Å². The lowest BCUT2D eigenvalue weighted by Gasteiger charge is -2.16. The average Bonchev–Trinajstić information content (AvgIpc) is 3.13. The monoisotopic (exact) mass is 269 g/mol. The SMILES string of the molecule is CN(CC1CC1)S(=O)(=O)c1ccc(C(=O)O)cc1. The van der Waals surface area contributed by atoms with Crippen LogP contribution in [0.2, 0.25) is 0 Å². The van der Waals surface area contributed by atoms with E-state index in [0.29, 0.717) is 12.5 Å². The molecule has 2 rings (SSSR count). The van der Waals surface area contributed by atoms with E-state index in [4.69, 9.17) is 5.11 Å². The number of benzene rings is 1. The van der Waals surface area contributed by atoms with Crippen molar-refractivity contribution in [1.82, 2.24) is 4.31 Å². The Labute approximate surface area is 106 Å². The molecule has 0 unspecified atom stereocenters. The van der Waals surface area contributed by atoms with Crippen molar-refractivity contribution in [3.63, 3.8) is 0 Å². The summed E-state index contributed by atoms with van der Waals surface area (Å²) in [5.41, 5.74) is 0.0822. The van der Waals surface area contributed by atoms with Gasteiger partial charge in [-0.25, -0.2) is 17.5 Å². The molecule has 5 nitrogen and oxygen atoms in total. The third-order valence-corrected chi connectivity index (χ3v) is 4.86. The van der Waals surface area contributed by atoms with Gasteiger partial charge in [0.25, 0.3) is 0 Å². The highest BCUT2D eigenvalue weighted by Gasteiger charge is 2.29. The van der Waals surface area contributed by atoms with Crippen LogP contribution >= 0.6 is 0 Å². The van der Waals surface area contributed by atoms with Gasteiger partial charge < -0.3 is 5.11 Å². The lowest BCUT2D eigenvalue weighted by Crippen LogP contribution is -2.28. The molecule has 1 aliphatic rings. The number of carbonyl (C=O) groups is 1. The summed E-state index contributed by atoms with van der Waals surface area (Å²) in [4.78, 5) is 10.8. The molecule has 0 aliphatic heterocycles. The summed E-state index contributed by atoms with van der Waals surface area (Å²) in [6, 6.07) is 5.28. The Hall–Kier alpha value is -1.40. The molecule has 1 N–H and O–H groups in total. The maximum Gasteiger partial charge on any atom is 0.335 e. The van der Waals surface area contributed by atoms with Crippen molar-refractivity contribution in [1.29, 1.82) is 0 Å². The number of carboxylic acid groups (broad SMARTS) is 1. The van der Waals surface area contributed by atoms with Crippen LogP contribution in [0.5, 0.6) is 0 Å². The standard InChI is InChI=1S/C12H15NO4S/c1-13(8-9-2-3-9)18(16,17)11-6-4-10(5-7-11)12(14)15/h4-7,9H,2-3,8H2,1H3,(H,14,15). The molecule has 1 aromatic rings. The summed E-state index contributed by atoms with van der Waals surface area (Å²) in [5, 5.41) is 8.76. The number of nitrogens with zero attached hydrogens (tertiary/aromatic N) is 1. The normalized spacial score (nSPS) is 15.9. The first kappa shape index (κ1) is 13.0. The van der Waals surface area contributed by atoms with Gasteiger partial charge in [0.2, 0.25) is 10.0 Å². The molecule has 0 radical (unpaired) electrons. The number of carboxylic acids is 1. The van der Waals surface area contributed by atoms with Gasteiger partial charge in [-0.05, 0) is 43.0 Å². The molecule has 0 saturated heterocycles. The second-order valence-corrected chi connectivity index (χ2v) is 6.60. The Kier molecular flexibility index (Phi) is 3.41. The van der Waals surface area contributed by atoms with Crippen LogP contribution in [0.1, 0.15) is 23.2 Å². The zero-order valence-electron chi connectivity index (χ0n) is 10.0. The largest absolute Gasteiger partial charge is 0.478 e. The van der Waals surface area contributed by atoms with Crippen molar-refractivity contribution in [2.75, 3.05) is 13.6 Å². The highest BCUT2D eigenvalue weighted by Crippen LogP contribution is 2.30. The van der Waals surface area contributed by atoms with Crippen LogP contribution in [0.25, 0.3) is 0 Å². The quantitative estimate of drug-likeness (QED) is 0.877. The van der Waals surface area contributed by atoms with Crippen molar-refractivity contribution < 1.29 is 18.3 Å². The Bertz CT molecular complexity index is 546. The van der Waals surface area contributed by atoms with E-state index < -0.39 is 16.0 Å². The fraction of sp³-hybridized carbons (Fsp3) is 0.417. The molecule has 1 aromatic carbocycles. The minimum Gasteiger partial charge on any atom is -0.478 e. The van der Waals surface area contributed by atoms with Crippen molar-refractivity contribution in [2.45, 2.75) is 17.7 Å². The van der Waals surface area contributed by atoms with Crippen LogP contribution < -0.4 is 0 Å². The molecule has 6 heteroatoms. The van der Waals surface area contributed by atoms with E-state index in [1.54, 1.807) is 7.05 Å². The van der Waals surface area contributed by atoms with Crippen LogP contribution in [0, 0.1) is 5.92 Å². The Morgan fingerprint density at radius 1 is 1.33 bits per heavy atom. The zero-order chi connectivity index (χ0) is 13.3. The first-order valence-corrected chi connectivity index (χ1v) is 7.15. The Balaban J connectivity index is 2.20. The third kappa shape index (κ3) is 2.70. The second kappa shape index (κ2) is 4.70. The zero-order valence-corrected chi connectivity index (χ0v) is 10.9. The number of hydrogen-bond donors (Lipinski definition) is 1. The van der Waals surface area contributed by atoms with Gasteiger partial charge in [-0.15, -0.1) is 0 Å². The van der Waals surface area contributed by atoms with Crippen molar-refractivity contribution >= 4 is 16.0 Å². The Morgan fingerprint density at radius 3 is 2.33 bits per heavy atom. The maximum atomic E-state index is 12.2. The van der Waals surface area contributed by atoms with E-state index in [1.165, 1.54) is 28.6 Å². The van der Waals surface area contributed by atoms with Crippen LogP contribution in [0.3, 0.4) is 0 Å². The molecule has 1 aliphatic carbocycles. The molecular formula is C12H15NO4S. The molecule has 0 bridgehead atoms. The molecule has 0 aromatic heterocycles. The number of sulfonamides is 1. The summed E-state index contributed by atoms with van der Waals surface area (Å²) in [5.74, 6) is -0.589. The number of hydrogen-bond acceptors (Lipinski definition) is 3. The molecule has 0 amide bonds. The lowest BCUT2D eigenvalue weighted by atomic mass is 10.2. The molecule has 18 heavy (non-hydrogen) atoms. The van der Waals surface area contributed by atoms with Crippen LogP contribution in [-0.4, -0.2) is 37.4 Å². The van der Waals surface area contributed by atoms with E-state index in [2.05, 4.69) is 0 Å². The molecule has 0 atom stereocenters. The maximum absolute atomic E-state index is 12.2. The van der Waals surface area contributed by atoms with E-state index in [1.807, 2.05) is 0 Å². The highest BCUT2D eigenvalue weighted by molar-refractivity contribution is 7.89. The van der Waals surface area contributed by atoms with Crippen molar-refractivity contribution in [3.8, 4) is 0 Å². The van der Waals surface area contributed by atoms with Crippen molar-refractivity contribution in [2.24, 2.45) is 5.92 Å². The predicted octanol–water partition coefficient (Wildman–Crippen LogP) is 1.42. The minimum absolute atomic E-state index is 0.0822. The van der Waals surface area contributed by atoms with Gasteiger partial charge in [0.05, 0.1) is 10.5 Å². The molecular weight excluding hydrogens is 254 g/mol. The fourth-order valence-electron chi connectivity index (χ4n) is 1.71. The summed E-state index contributed by atoms with van der Waals surface area (Å²) in [6.45, 7) is 0.531. The third-order valence-electron chi connectivity index (χ3n) is 3.02. The van der Waals surface area contributed by atoms with Crippen molar-refractivity contribution in [3.05, 3.63) is 29.8 Å². The average molecular weight is 269 g/mol. The predicted molar refractivity (Wildman–Crippen MR) is 65.9 cm³/mol. The van der Waals surface area contributed by atoms with Gasteiger partial charge in [-0.1, -0.05) is 0 Å². The Morgan fingerprint density at radius 2 is 1.89 bits per heavy atom. The van der Waals surface area contributed by atoms with Gasteiger partial charge in [0, 0.05) is 13.6 Å². The van der Waals surface area contributed by atoms with Gasteiger partial charge >= 0.3 is 5.97 Å². The topological polar surface area (TPSA) is 74.7 Å². The van der Waals surface area contributed by atoms with E-state index in [0.717, 1.165) is 12.8 Å². The summed E-state index contributed by atoms with van der Waals surface area (Å²) in [6.07, 6.45) is 2.16. The van der Waals surface area contributed by atoms with E-state index >= 15 is 0 Å². The summed E-state index contributed by atoms with van der Waals surface area (Å²) >= 11 is 0. The minimum atomic E-state index is -3.50. The molecule has 1 saturated carbocycles. The molecule has 98 valence electrons. The molecule has 0 heterocycles. The number of aromatic carboxylic acids is 1. The second-order valence-electron chi connectivity index (χ2n) is 4.56. The van der Waals surface area contributed by atoms with E-state index in [-0.39, 0.29) is 10.5 Å². The summed E-state index contributed by atoms with van der Waals surface area (Å²) in [7, 11) is -1.94. The fourth-order valence-corrected chi connectivity index (χ4v) is 2.96. The lowest BCUT2D eigenvalue weighted by molar-refractivity contribution is 0.0696. The molecule has 0 spiro atoms. The smallest absolute Gasteiger partial charge is 0.335 e. The first-order valence-electron chi connectivity index (χ1n) is 5.71. The van der Waals surface area contributed by atoms with E-state index in [9.17, 15) is 13.2 Å². The highest BCUT2D eigenvalue weighted by atomic mass is 32.2. The van der Waals surface area contributed by atoms with Crippen LogP contribution in [0.15, 0.2) is 29.2 Å². The number of rotatable bonds is 5. The van der Waals surface area contributed by atoms with Gasteiger partial charge in [0.1, 0.15) is 0 Å².